The lowest BCUT2D eigenvalue weighted by Crippen LogP contribution is -2.45. The molecule has 9 heteroatoms. The Kier molecular flexibility index (Phi) is 9.86. The van der Waals surface area contributed by atoms with E-state index < -0.39 is 29.6 Å². The number of nitrogens with one attached hydrogen (secondary N) is 1. The first-order valence-electron chi connectivity index (χ1n) is 11.9. The number of imidazole rings is 1. The predicted molar refractivity (Wildman–Crippen MR) is 131 cm³/mol. The van der Waals surface area contributed by atoms with Gasteiger partial charge in [-0.2, -0.15) is 0 Å². The molecular formula is C26H37N3O6. The minimum absolute atomic E-state index is 0.0126. The molecule has 192 valence electrons. The van der Waals surface area contributed by atoms with E-state index in [0.717, 1.165) is 16.7 Å². The van der Waals surface area contributed by atoms with Crippen molar-refractivity contribution in [3.63, 3.8) is 0 Å². The minimum Gasteiger partial charge on any atom is -0.508 e. The number of benzene rings is 1. The molecule has 1 unspecified atom stereocenters. The molecule has 0 aliphatic heterocycles. The fraction of sp³-hybridized carbons (Fsp3) is 0.538. The van der Waals surface area contributed by atoms with E-state index in [0.29, 0.717) is 19.4 Å². The average molecular weight is 488 g/mol. The van der Waals surface area contributed by atoms with E-state index in [1.54, 1.807) is 45.4 Å². The summed E-state index contributed by atoms with van der Waals surface area (Å²) in [6, 6.07) is 2.34. The molecule has 1 amide bonds. The van der Waals surface area contributed by atoms with Gasteiger partial charge in [0.05, 0.1) is 18.3 Å². The first-order valence-corrected chi connectivity index (χ1v) is 11.9. The van der Waals surface area contributed by atoms with Gasteiger partial charge in [0.2, 0.25) is 0 Å². The van der Waals surface area contributed by atoms with Crippen LogP contribution in [0.3, 0.4) is 0 Å². The Morgan fingerprint density at radius 2 is 1.80 bits per heavy atom. The Morgan fingerprint density at radius 1 is 1.14 bits per heavy atom. The third-order valence-electron chi connectivity index (χ3n) is 5.79. The van der Waals surface area contributed by atoms with Crippen molar-refractivity contribution in [2.24, 2.45) is 5.92 Å². The number of aromatic hydroxyl groups is 1. The second-order valence-electron chi connectivity index (χ2n) is 9.94. The Morgan fingerprint density at radius 3 is 2.34 bits per heavy atom. The van der Waals surface area contributed by atoms with Crippen molar-refractivity contribution in [1.29, 1.82) is 0 Å². The number of carboxylic acid groups (broad SMARTS) is 1. The first-order chi connectivity index (χ1) is 16.4. The van der Waals surface area contributed by atoms with Gasteiger partial charge < -0.3 is 24.8 Å². The van der Waals surface area contributed by atoms with Gasteiger partial charge in [0.1, 0.15) is 11.4 Å². The van der Waals surface area contributed by atoms with Crippen molar-refractivity contribution in [3.05, 3.63) is 47.5 Å². The molecule has 0 radical (unpaired) electrons. The number of carbonyl (C=O) groups is 3. The van der Waals surface area contributed by atoms with Crippen molar-refractivity contribution < 1.29 is 29.3 Å². The number of carboxylic acids is 1. The molecule has 1 aromatic carbocycles. The van der Waals surface area contributed by atoms with Crippen molar-refractivity contribution in [3.8, 4) is 5.75 Å². The quantitative estimate of drug-likeness (QED) is 0.409. The lowest BCUT2D eigenvalue weighted by atomic mass is 9.90. The Balaban J connectivity index is 2.09. The predicted octanol–water partition coefficient (Wildman–Crippen LogP) is 4.17. The maximum atomic E-state index is 13.2. The number of aryl methyl sites for hydroxylation is 3. The maximum Gasteiger partial charge on any atom is 0.408 e. The van der Waals surface area contributed by atoms with Gasteiger partial charge in [0.15, 0.2) is 5.78 Å². The summed E-state index contributed by atoms with van der Waals surface area (Å²) in [4.78, 5) is 41.4. The number of amides is 1. The number of phenols is 1. The van der Waals surface area contributed by atoms with Gasteiger partial charge in [0, 0.05) is 31.8 Å². The number of carbonyl (C=O) groups excluding carboxylic acids is 2. The van der Waals surface area contributed by atoms with E-state index in [-0.39, 0.29) is 30.8 Å². The molecule has 35 heavy (non-hydrogen) atoms. The molecule has 2 atom stereocenters. The van der Waals surface area contributed by atoms with Crippen molar-refractivity contribution >= 4 is 17.8 Å². The molecule has 0 bridgehead atoms. The Hall–Kier alpha value is -3.36. The third-order valence-corrected chi connectivity index (χ3v) is 5.79. The summed E-state index contributed by atoms with van der Waals surface area (Å²) in [5.74, 6) is -1.73. The summed E-state index contributed by atoms with van der Waals surface area (Å²) in [5.41, 5.74) is 1.71. The van der Waals surface area contributed by atoms with Crippen LogP contribution in [0.1, 0.15) is 63.1 Å². The molecule has 0 aliphatic rings. The number of ketones is 1. The molecule has 0 fully saturated rings. The van der Waals surface area contributed by atoms with Crippen LogP contribution < -0.4 is 5.32 Å². The van der Waals surface area contributed by atoms with Gasteiger partial charge in [-0.05, 0) is 82.7 Å². The monoisotopic (exact) mass is 487 g/mol. The molecule has 0 spiro atoms. The van der Waals surface area contributed by atoms with Gasteiger partial charge in [-0.25, -0.2) is 9.78 Å². The van der Waals surface area contributed by atoms with Crippen molar-refractivity contribution in [2.75, 3.05) is 0 Å². The Labute approximate surface area is 206 Å². The zero-order chi connectivity index (χ0) is 26.2. The maximum absolute atomic E-state index is 13.2. The number of aromatic nitrogens is 2. The number of aliphatic carboxylic acids is 1. The molecule has 1 aromatic heterocycles. The molecule has 9 nitrogen and oxygen atoms in total. The largest absolute Gasteiger partial charge is 0.508 e. The van der Waals surface area contributed by atoms with Gasteiger partial charge >= 0.3 is 12.1 Å². The summed E-state index contributed by atoms with van der Waals surface area (Å²) < 4.78 is 7.23. The van der Waals surface area contributed by atoms with Crippen molar-refractivity contribution in [1.82, 2.24) is 14.9 Å². The number of alkyl carbamates (subject to hydrolysis) is 1. The van der Waals surface area contributed by atoms with Crippen LogP contribution in [0.4, 0.5) is 4.79 Å². The van der Waals surface area contributed by atoms with Gasteiger partial charge in [-0.3, -0.25) is 9.59 Å². The molecule has 2 rings (SSSR count). The van der Waals surface area contributed by atoms with Crippen LogP contribution in [0.2, 0.25) is 0 Å². The molecule has 1 heterocycles. The minimum atomic E-state index is -0.940. The van der Waals surface area contributed by atoms with Crippen LogP contribution in [0.15, 0.2) is 30.9 Å². The fourth-order valence-electron chi connectivity index (χ4n) is 4.01. The summed E-state index contributed by atoms with van der Waals surface area (Å²) in [7, 11) is 0. The average Bonchev–Trinajstić information content (AvgIpc) is 3.23. The van der Waals surface area contributed by atoms with Crippen LogP contribution in [0.5, 0.6) is 5.75 Å². The number of hydrogen-bond acceptors (Lipinski definition) is 6. The van der Waals surface area contributed by atoms with Crippen molar-refractivity contribution in [2.45, 2.75) is 84.9 Å². The Bertz CT molecular complexity index is 988. The number of hydrogen-bond donors (Lipinski definition) is 3. The van der Waals surface area contributed by atoms with E-state index in [1.807, 2.05) is 24.6 Å². The summed E-state index contributed by atoms with van der Waals surface area (Å²) in [5, 5.41) is 22.2. The standard InChI is InChI=1S/C26H37N3O6/c1-17-13-20(30)14-18(2)21(17)15-22(28-25(34)35-26(3,4)5)23(31)9-8-19(24(32)33)7-6-11-29-12-10-27-16-29/h10,12-14,16,19,22,30H,6-9,11,15H2,1-5H3,(H,28,34)(H,32,33)/t19-,22?/m0/s1. The topological polar surface area (TPSA) is 131 Å². The van der Waals surface area contributed by atoms with E-state index in [2.05, 4.69) is 10.3 Å². The van der Waals surface area contributed by atoms with Crippen LogP contribution in [-0.2, 0) is 27.3 Å². The van der Waals surface area contributed by atoms with E-state index in [4.69, 9.17) is 4.74 Å². The third kappa shape index (κ3) is 9.42. The SMILES string of the molecule is Cc1cc(O)cc(C)c1CC(NC(=O)OC(C)(C)C)C(=O)CC[C@H](CCCn1ccnc1)C(=O)O. The highest BCUT2D eigenvalue weighted by molar-refractivity contribution is 5.88. The van der Waals surface area contributed by atoms with Gasteiger partial charge in [-0.1, -0.05) is 0 Å². The number of ether oxygens (including phenoxy) is 1. The zero-order valence-electron chi connectivity index (χ0n) is 21.2. The number of nitrogens with zero attached hydrogens (tertiary/aromatic N) is 2. The number of phenolic OH excluding ortho intramolecular Hbond substituents is 1. The van der Waals surface area contributed by atoms with Crippen LogP contribution >= 0.6 is 0 Å². The summed E-state index contributed by atoms with van der Waals surface area (Å²) in [6.07, 6.45) is 5.95. The lowest BCUT2D eigenvalue weighted by molar-refractivity contribution is -0.142. The molecular weight excluding hydrogens is 450 g/mol. The molecule has 3 N–H and O–H groups in total. The highest BCUT2D eigenvalue weighted by atomic mass is 16.6. The normalized spacial score (nSPS) is 13.2. The van der Waals surface area contributed by atoms with E-state index >= 15 is 0 Å². The molecule has 0 saturated carbocycles. The van der Waals surface area contributed by atoms with Gasteiger partial charge in [-0.15, -0.1) is 0 Å². The first kappa shape index (κ1) is 27.9. The molecule has 0 aliphatic carbocycles. The van der Waals surface area contributed by atoms with Crippen LogP contribution in [-0.4, -0.2) is 49.3 Å². The molecule has 2 aromatic rings. The molecule has 0 saturated heterocycles. The summed E-state index contributed by atoms with van der Waals surface area (Å²) in [6.45, 7) is 9.52. The number of Topliss-reactive ketones (excluding diaryl/α,β-unsaturated/α-hetero) is 1. The lowest BCUT2D eigenvalue weighted by Gasteiger charge is -2.24. The fourth-order valence-corrected chi connectivity index (χ4v) is 4.01. The van der Waals surface area contributed by atoms with Crippen LogP contribution in [0, 0.1) is 19.8 Å². The second kappa shape index (κ2) is 12.4. The van der Waals surface area contributed by atoms with E-state index in [1.165, 1.54) is 0 Å². The number of rotatable bonds is 12. The van der Waals surface area contributed by atoms with E-state index in [9.17, 15) is 24.6 Å². The van der Waals surface area contributed by atoms with Gasteiger partial charge in [0.25, 0.3) is 0 Å². The highest BCUT2D eigenvalue weighted by Crippen LogP contribution is 2.23. The summed E-state index contributed by atoms with van der Waals surface area (Å²) >= 11 is 0. The van der Waals surface area contributed by atoms with Crippen LogP contribution in [0.25, 0.3) is 0 Å². The zero-order valence-corrected chi connectivity index (χ0v) is 21.2. The second-order valence-corrected chi connectivity index (χ2v) is 9.94. The smallest absolute Gasteiger partial charge is 0.408 e. The highest BCUT2D eigenvalue weighted by Gasteiger charge is 2.27.